The highest BCUT2D eigenvalue weighted by Crippen LogP contribution is 2.28. The van der Waals surface area contributed by atoms with E-state index in [1.807, 2.05) is 30.3 Å². The molecule has 130 valence electrons. The largest absolute Gasteiger partial charge is 0.454 e. The minimum absolute atomic E-state index is 0.0353. The number of aromatic nitrogens is 3. The number of rotatable bonds is 4. The molecule has 26 heavy (non-hydrogen) atoms. The Morgan fingerprint density at radius 1 is 1.15 bits per heavy atom. The molecule has 0 aliphatic rings. The van der Waals surface area contributed by atoms with Crippen LogP contribution < -0.4 is 5.56 Å². The number of benzene rings is 1. The first-order chi connectivity index (χ1) is 12.6. The Balaban J connectivity index is 1.47. The van der Waals surface area contributed by atoms with Crippen molar-refractivity contribution in [1.82, 2.24) is 14.9 Å². The molecule has 4 rings (SSSR count). The molecule has 0 aliphatic heterocycles. The van der Waals surface area contributed by atoms with E-state index in [9.17, 15) is 9.59 Å². The highest BCUT2D eigenvalue weighted by molar-refractivity contribution is 5.86. The number of furan rings is 1. The van der Waals surface area contributed by atoms with E-state index >= 15 is 0 Å². The smallest absolute Gasteiger partial charge is 0.359 e. The van der Waals surface area contributed by atoms with Gasteiger partial charge in [0.2, 0.25) is 5.76 Å². The summed E-state index contributed by atoms with van der Waals surface area (Å²) in [5.41, 5.74) is 0.896. The van der Waals surface area contributed by atoms with Crippen molar-refractivity contribution >= 4 is 16.9 Å². The van der Waals surface area contributed by atoms with E-state index in [1.54, 1.807) is 6.07 Å². The fraction of sp³-hybridized carbons (Fsp3) is 0.111. The maximum absolute atomic E-state index is 12.0. The lowest BCUT2D eigenvalue weighted by Gasteiger charge is -2.02. The number of aryl methyl sites for hydroxylation is 1. The molecule has 0 bridgehead atoms. The van der Waals surface area contributed by atoms with Gasteiger partial charge in [-0.2, -0.15) is 5.10 Å². The van der Waals surface area contributed by atoms with Crippen LogP contribution in [0.15, 0.2) is 62.3 Å². The first-order valence-corrected chi connectivity index (χ1v) is 7.76. The summed E-state index contributed by atoms with van der Waals surface area (Å²) in [6.07, 6.45) is 0. The van der Waals surface area contributed by atoms with E-state index < -0.39 is 5.97 Å². The minimum atomic E-state index is -0.658. The molecule has 8 nitrogen and oxygen atoms in total. The molecular weight excluding hydrogens is 338 g/mol. The van der Waals surface area contributed by atoms with Crippen molar-refractivity contribution in [2.75, 3.05) is 0 Å². The maximum atomic E-state index is 12.0. The van der Waals surface area contributed by atoms with Crippen molar-refractivity contribution in [2.24, 2.45) is 7.05 Å². The highest BCUT2D eigenvalue weighted by Gasteiger charge is 2.15. The van der Waals surface area contributed by atoms with Gasteiger partial charge in [0.25, 0.3) is 5.56 Å². The van der Waals surface area contributed by atoms with E-state index in [-0.39, 0.29) is 17.9 Å². The van der Waals surface area contributed by atoms with Gasteiger partial charge in [-0.15, -0.1) is 0 Å². The lowest BCUT2D eigenvalue weighted by molar-refractivity contribution is 0.0454. The van der Waals surface area contributed by atoms with Gasteiger partial charge >= 0.3 is 5.97 Å². The van der Waals surface area contributed by atoms with Crippen LogP contribution in [0.2, 0.25) is 0 Å². The standard InChI is InChI=1S/C18H13N3O5/c1-21-17(22)7-6-13(19-21)18(23)24-10-12-9-16(26-20-12)15-8-11-4-2-3-5-14(11)25-15/h2-9H,10H2,1H3. The topological polar surface area (TPSA) is 100 Å². The molecule has 0 atom stereocenters. The van der Waals surface area contributed by atoms with E-state index in [0.29, 0.717) is 17.2 Å². The molecule has 0 radical (unpaired) electrons. The average Bonchev–Trinajstić information content (AvgIpc) is 3.28. The average molecular weight is 351 g/mol. The summed E-state index contributed by atoms with van der Waals surface area (Å²) in [5, 5.41) is 8.66. The van der Waals surface area contributed by atoms with Crippen molar-refractivity contribution in [3.05, 3.63) is 70.3 Å². The normalized spacial score (nSPS) is 11.0. The molecule has 0 amide bonds. The zero-order valence-electron chi connectivity index (χ0n) is 13.7. The van der Waals surface area contributed by atoms with Crippen LogP contribution in [0.3, 0.4) is 0 Å². The van der Waals surface area contributed by atoms with Gasteiger partial charge in [-0.3, -0.25) is 4.79 Å². The second kappa shape index (κ2) is 6.32. The lowest BCUT2D eigenvalue weighted by Crippen LogP contribution is -2.21. The second-order valence-corrected chi connectivity index (χ2v) is 5.59. The third-order valence-corrected chi connectivity index (χ3v) is 3.75. The Labute approximate surface area is 146 Å². The number of ether oxygens (including phenoxy) is 1. The van der Waals surface area contributed by atoms with Crippen LogP contribution >= 0.6 is 0 Å². The third kappa shape index (κ3) is 3.00. The van der Waals surface area contributed by atoms with Gasteiger partial charge in [-0.1, -0.05) is 23.4 Å². The van der Waals surface area contributed by atoms with Crippen LogP contribution in [0.4, 0.5) is 0 Å². The van der Waals surface area contributed by atoms with Crippen molar-refractivity contribution < 1.29 is 18.5 Å². The fourth-order valence-electron chi connectivity index (χ4n) is 2.42. The molecule has 4 aromatic rings. The lowest BCUT2D eigenvalue weighted by atomic mass is 10.2. The molecule has 3 aromatic heterocycles. The van der Waals surface area contributed by atoms with Crippen molar-refractivity contribution in [3.63, 3.8) is 0 Å². The van der Waals surface area contributed by atoms with E-state index in [0.717, 1.165) is 15.7 Å². The molecule has 0 saturated carbocycles. The van der Waals surface area contributed by atoms with Crippen LogP contribution in [-0.2, 0) is 18.4 Å². The monoisotopic (exact) mass is 351 g/mol. The van der Waals surface area contributed by atoms with Gasteiger partial charge in [0.05, 0.1) is 0 Å². The number of fused-ring (bicyclic) bond motifs is 1. The van der Waals surface area contributed by atoms with Crippen LogP contribution in [0, 0.1) is 0 Å². The molecule has 0 aliphatic carbocycles. The van der Waals surface area contributed by atoms with Crippen LogP contribution in [0.25, 0.3) is 22.5 Å². The molecule has 3 heterocycles. The van der Waals surface area contributed by atoms with Crippen LogP contribution in [0.5, 0.6) is 0 Å². The Hall–Kier alpha value is -3.68. The number of nitrogens with zero attached hydrogens (tertiary/aromatic N) is 3. The highest BCUT2D eigenvalue weighted by atomic mass is 16.5. The number of hydrogen-bond acceptors (Lipinski definition) is 7. The number of carbonyl (C=O) groups excluding carboxylic acids is 1. The molecular formula is C18H13N3O5. The van der Waals surface area contributed by atoms with Gasteiger partial charge in [0.15, 0.2) is 11.5 Å². The Kier molecular flexibility index (Phi) is 3.85. The second-order valence-electron chi connectivity index (χ2n) is 5.59. The number of para-hydroxylation sites is 1. The Bertz CT molecular complexity index is 1120. The van der Waals surface area contributed by atoms with Crippen molar-refractivity contribution in [1.29, 1.82) is 0 Å². The zero-order chi connectivity index (χ0) is 18.1. The number of hydrogen-bond donors (Lipinski definition) is 0. The molecule has 0 N–H and O–H groups in total. The molecule has 8 heteroatoms. The summed E-state index contributed by atoms with van der Waals surface area (Å²) in [6.45, 7) is -0.0902. The summed E-state index contributed by atoms with van der Waals surface area (Å²) in [7, 11) is 1.45. The van der Waals surface area contributed by atoms with Gasteiger partial charge in [0, 0.05) is 24.6 Å². The molecule has 0 spiro atoms. The van der Waals surface area contributed by atoms with Crippen LogP contribution in [0.1, 0.15) is 16.2 Å². The summed E-state index contributed by atoms with van der Waals surface area (Å²) in [4.78, 5) is 23.3. The Morgan fingerprint density at radius 3 is 2.81 bits per heavy atom. The predicted octanol–water partition coefficient (Wildman–Crippen LogP) is 2.54. The number of carbonyl (C=O) groups is 1. The summed E-state index contributed by atoms with van der Waals surface area (Å²) in [5.74, 6) is 0.317. The van der Waals surface area contributed by atoms with Gasteiger partial charge in [-0.05, 0) is 18.2 Å². The molecule has 0 fully saturated rings. The summed E-state index contributed by atoms with van der Waals surface area (Å²) < 4.78 is 17.2. The van der Waals surface area contributed by atoms with E-state index in [2.05, 4.69) is 10.3 Å². The molecule has 1 aromatic carbocycles. The fourth-order valence-corrected chi connectivity index (χ4v) is 2.42. The molecule has 0 saturated heterocycles. The van der Waals surface area contributed by atoms with E-state index in [1.165, 1.54) is 19.2 Å². The van der Waals surface area contributed by atoms with Gasteiger partial charge < -0.3 is 13.7 Å². The zero-order valence-corrected chi connectivity index (χ0v) is 13.7. The SMILES string of the molecule is Cn1nc(C(=O)OCc2cc(-c3cc4ccccc4o3)on2)ccc1=O. The predicted molar refractivity (Wildman–Crippen MR) is 90.3 cm³/mol. The van der Waals surface area contributed by atoms with Crippen molar-refractivity contribution in [2.45, 2.75) is 6.61 Å². The quantitative estimate of drug-likeness (QED) is 0.521. The molecule has 0 unspecified atom stereocenters. The third-order valence-electron chi connectivity index (χ3n) is 3.75. The van der Waals surface area contributed by atoms with Gasteiger partial charge in [-0.25, -0.2) is 9.48 Å². The first-order valence-electron chi connectivity index (χ1n) is 7.76. The maximum Gasteiger partial charge on any atom is 0.359 e. The number of esters is 1. The summed E-state index contributed by atoms with van der Waals surface area (Å²) in [6, 6.07) is 13.6. The van der Waals surface area contributed by atoms with E-state index in [4.69, 9.17) is 13.7 Å². The first kappa shape index (κ1) is 15.8. The minimum Gasteiger partial charge on any atom is -0.454 e. The van der Waals surface area contributed by atoms with Crippen LogP contribution in [-0.4, -0.2) is 20.9 Å². The van der Waals surface area contributed by atoms with Crippen molar-refractivity contribution in [3.8, 4) is 11.5 Å². The van der Waals surface area contributed by atoms with Gasteiger partial charge in [0.1, 0.15) is 17.9 Å². The Morgan fingerprint density at radius 2 is 2.00 bits per heavy atom. The summed E-state index contributed by atoms with van der Waals surface area (Å²) >= 11 is 0.